The van der Waals surface area contributed by atoms with Crippen molar-refractivity contribution < 1.29 is 13.9 Å². The average molecular weight is 488 g/mol. The van der Waals surface area contributed by atoms with Crippen molar-refractivity contribution in [3.05, 3.63) is 100 Å². The van der Waals surface area contributed by atoms with Gasteiger partial charge in [0.2, 0.25) is 0 Å². The zero-order valence-corrected chi connectivity index (χ0v) is 20.9. The van der Waals surface area contributed by atoms with E-state index in [1.807, 2.05) is 26.8 Å². The largest absolute Gasteiger partial charge is 0.497 e. The smallest absolute Gasteiger partial charge is 0.266 e. The highest BCUT2D eigenvalue weighted by Crippen LogP contribution is 2.29. The van der Waals surface area contributed by atoms with E-state index in [4.69, 9.17) is 9.72 Å². The molecule has 6 nitrogen and oxygen atoms in total. The number of carbonyl (C=O) groups excluding carboxylic acids is 1. The lowest BCUT2D eigenvalue weighted by Crippen LogP contribution is -2.40. The minimum absolute atomic E-state index is 0.161. The van der Waals surface area contributed by atoms with Gasteiger partial charge in [0, 0.05) is 12.1 Å². The van der Waals surface area contributed by atoms with Gasteiger partial charge in [0.15, 0.2) is 0 Å². The van der Waals surface area contributed by atoms with Crippen LogP contribution in [0.4, 0.5) is 4.39 Å². The fourth-order valence-electron chi connectivity index (χ4n) is 4.40. The number of ether oxygens (including phenoxy) is 1. The highest BCUT2D eigenvalue weighted by molar-refractivity contribution is 5.94. The van der Waals surface area contributed by atoms with E-state index in [0.717, 1.165) is 0 Å². The van der Waals surface area contributed by atoms with Crippen molar-refractivity contribution in [3.63, 3.8) is 0 Å². The maximum Gasteiger partial charge on any atom is 0.266 e. The molecular formula is C29H30FN3O3. The summed E-state index contributed by atoms with van der Waals surface area (Å²) in [5.74, 6) is 0.717. The molecule has 7 heteroatoms. The number of rotatable bonds is 8. The Kier molecular flexibility index (Phi) is 7.48. The van der Waals surface area contributed by atoms with Crippen LogP contribution in [0, 0.1) is 11.7 Å². The number of fused-ring (bicyclic) bond motifs is 1. The first-order valence-electron chi connectivity index (χ1n) is 12.1. The van der Waals surface area contributed by atoms with Crippen LogP contribution in [0.3, 0.4) is 0 Å². The molecule has 4 aromatic rings. The molecule has 0 fully saturated rings. The molecule has 36 heavy (non-hydrogen) atoms. The van der Waals surface area contributed by atoms with Gasteiger partial charge in [0.25, 0.3) is 11.5 Å². The first-order valence-corrected chi connectivity index (χ1v) is 12.1. The molecule has 0 aliphatic rings. The number of methoxy groups -OCH3 is 1. The lowest BCUT2D eigenvalue weighted by Gasteiger charge is -2.33. The van der Waals surface area contributed by atoms with Crippen LogP contribution in [0.5, 0.6) is 5.75 Å². The van der Waals surface area contributed by atoms with Gasteiger partial charge in [0.05, 0.1) is 29.7 Å². The Morgan fingerprint density at radius 2 is 1.69 bits per heavy atom. The van der Waals surface area contributed by atoms with E-state index in [-0.39, 0.29) is 17.4 Å². The monoisotopic (exact) mass is 487 g/mol. The van der Waals surface area contributed by atoms with Crippen LogP contribution in [0.1, 0.15) is 49.4 Å². The number of hydrogen-bond acceptors (Lipinski definition) is 4. The molecule has 0 aliphatic carbocycles. The summed E-state index contributed by atoms with van der Waals surface area (Å²) in [4.78, 5) is 34.2. The standard InChI is InChI=1S/C29H30FN3O3/c1-5-26(32(18-19(2)3)28(34)20-10-16-23(36-4)17-11-20)27-31-25-9-7-6-8-24(25)29(35)33(27)22-14-12-21(30)13-15-22/h6-17,19,26H,5,18H2,1-4H3. The van der Waals surface area contributed by atoms with Crippen LogP contribution in [0.15, 0.2) is 77.6 Å². The van der Waals surface area contributed by atoms with Crippen molar-refractivity contribution in [2.45, 2.75) is 33.2 Å². The Hall–Kier alpha value is -4.00. The van der Waals surface area contributed by atoms with Crippen LogP contribution in [-0.2, 0) is 0 Å². The number of benzene rings is 3. The predicted octanol–water partition coefficient (Wildman–Crippen LogP) is 5.78. The van der Waals surface area contributed by atoms with E-state index >= 15 is 0 Å². The molecule has 0 spiro atoms. The minimum atomic E-state index is -0.496. The zero-order chi connectivity index (χ0) is 25.8. The van der Waals surface area contributed by atoms with E-state index in [1.54, 1.807) is 66.6 Å². The number of hydrogen-bond donors (Lipinski definition) is 0. The molecule has 0 saturated heterocycles. The maximum absolute atomic E-state index is 13.8. The molecule has 0 radical (unpaired) electrons. The van der Waals surface area contributed by atoms with Crippen molar-refractivity contribution in [1.29, 1.82) is 0 Å². The van der Waals surface area contributed by atoms with Gasteiger partial charge in [-0.2, -0.15) is 0 Å². The van der Waals surface area contributed by atoms with Crippen LogP contribution in [0.2, 0.25) is 0 Å². The van der Waals surface area contributed by atoms with Crippen molar-refractivity contribution in [3.8, 4) is 11.4 Å². The lowest BCUT2D eigenvalue weighted by atomic mass is 10.1. The van der Waals surface area contributed by atoms with Crippen LogP contribution in [-0.4, -0.2) is 34.0 Å². The predicted molar refractivity (Wildman–Crippen MR) is 139 cm³/mol. The van der Waals surface area contributed by atoms with Crippen LogP contribution >= 0.6 is 0 Å². The Bertz CT molecular complexity index is 1410. The van der Waals surface area contributed by atoms with E-state index < -0.39 is 11.9 Å². The molecule has 1 unspecified atom stereocenters. The zero-order valence-electron chi connectivity index (χ0n) is 20.9. The lowest BCUT2D eigenvalue weighted by molar-refractivity contribution is 0.0631. The summed E-state index contributed by atoms with van der Waals surface area (Å²) in [6, 6.07) is 19.4. The van der Waals surface area contributed by atoms with Crippen LogP contribution < -0.4 is 10.3 Å². The SMILES string of the molecule is CCC(c1nc2ccccc2c(=O)n1-c1ccc(F)cc1)N(CC(C)C)C(=O)c1ccc(OC)cc1. The van der Waals surface area contributed by atoms with Gasteiger partial charge in [-0.25, -0.2) is 9.37 Å². The van der Waals surface area contributed by atoms with Gasteiger partial charge < -0.3 is 9.64 Å². The second-order valence-electron chi connectivity index (χ2n) is 9.11. The average Bonchev–Trinajstić information content (AvgIpc) is 2.89. The summed E-state index contributed by atoms with van der Waals surface area (Å²) in [5, 5.41) is 0.456. The van der Waals surface area contributed by atoms with Gasteiger partial charge >= 0.3 is 0 Å². The summed E-state index contributed by atoms with van der Waals surface area (Å²) in [7, 11) is 1.58. The number of halogens is 1. The summed E-state index contributed by atoms with van der Waals surface area (Å²) in [5.41, 5.74) is 1.30. The van der Waals surface area contributed by atoms with Gasteiger partial charge in [0.1, 0.15) is 17.4 Å². The molecule has 4 rings (SSSR count). The molecule has 1 amide bonds. The number of carbonyl (C=O) groups is 1. The number of aromatic nitrogens is 2. The summed E-state index contributed by atoms with van der Waals surface area (Å²) < 4.78 is 20.5. The summed E-state index contributed by atoms with van der Waals surface area (Å²) >= 11 is 0. The van der Waals surface area contributed by atoms with Crippen molar-refractivity contribution in [2.24, 2.45) is 5.92 Å². The van der Waals surface area contributed by atoms with E-state index in [2.05, 4.69) is 0 Å². The molecule has 1 heterocycles. The number of nitrogens with zero attached hydrogens (tertiary/aromatic N) is 3. The molecule has 0 bridgehead atoms. The highest BCUT2D eigenvalue weighted by atomic mass is 19.1. The highest BCUT2D eigenvalue weighted by Gasteiger charge is 2.30. The minimum Gasteiger partial charge on any atom is -0.497 e. The number of amides is 1. The third kappa shape index (κ3) is 5.00. The Labute approximate surface area is 210 Å². The molecule has 0 aliphatic heterocycles. The summed E-state index contributed by atoms with van der Waals surface area (Å²) in [6.45, 7) is 6.52. The molecule has 186 valence electrons. The third-order valence-electron chi connectivity index (χ3n) is 6.11. The first kappa shape index (κ1) is 25.1. The van der Waals surface area contributed by atoms with Gasteiger partial charge in [-0.3, -0.25) is 14.2 Å². The first-order chi connectivity index (χ1) is 17.3. The van der Waals surface area contributed by atoms with Gasteiger partial charge in [-0.1, -0.05) is 32.9 Å². The van der Waals surface area contributed by atoms with Crippen molar-refractivity contribution >= 4 is 16.8 Å². The quantitative estimate of drug-likeness (QED) is 0.316. The fraction of sp³-hybridized carbons (Fsp3) is 0.276. The molecule has 3 aromatic carbocycles. The van der Waals surface area contributed by atoms with E-state index in [0.29, 0.717) is 46.7 Å². The van der Waals surface area contributed by atoms with Crippen molar-refractivity contribution in [2.75, 3.05) is 13.7 Å². The molecule has 0 N–H and O–H groups in total. The van der Waals surface area contributed by atoms with Crippen LogP contribution in [0.25, 0.3) is 16.6 Å². The molecule has 0 saturated carbocycles. The topological polar surface area (TPSA) is 64.4 Å². The molecule has 1 aromatic heterocycles. The van der Waals surface area contributed by atoms with Gasteiger partial charge in [-0.05, 0) is 73.0 Å². The Balaban J connectivity index is 1.92. The number of para-hydroxylation sites is 1. The Morgan fingerprint density at radius 3 is 2.31 bits per heavy atom. The van der Waals surface area contributed by atoms with Crippen molar-refractivity contribution in [1.82, 2.24) is 14.5 Å². The van der Waals surface area contributed by atoms with Gasteiger partial charge in [-0.15, -0.1) is 0 Å². The Morgan fingerprint density at radius 1 is 1.03 bits per heavy atom. The molecule has 1 atom stereocenters. The van der Waals surface area contributed by atoms with E-state index in [9.17, 15) is 14.0 Å². The second kappa shape index (κ2) is 10.7. The third-order valence-corrected chi connectivity index (χ3v) is 6.11. The maximum atomic E-state index is 13.8. The molecular weight excluding hydrogens is 457 g/mol. The van der Waals surface area contributed by atoms with E-state index in [1.165, 1.54) is 16.7 Å². The normalized spacial score (nSPS) is 12.1. The fourth-order valence-corrected chi connectivity index (χ4v) is 4.40. The summed E-state index contributed by atoms with van der Waals surface area (Å²) in [6.07, 6.45) is 0.528. The second-order valence-corrected chi connectivity index (χ2v) is 9.11.